The van der Waals surface area contributed by atoms with Crippen LogP contribution in [0.5, 0.6) is 0 Å². The molecular weight excluding hydrogens is 506 g/mol. The maximum atomic E-state index is 5.14. The van der Waals surface area contributed by atoms with Crippen LogP contribution in [0.25, 0.3) is 72.9 Å². The van der Waals surface area contributed by atoms with Gasteiger partial charge in [0.25, 0.3) is 0 Å². The molecule has 8 rings (SSSR count). The first kappa shape index (κ1) is 23.1. The maximum absolute atomic E-state index is 5.14. The van der Waals surface area contributed by atoms with Crippen LogP contribution in [0, 0.1) is 0 Å². The van der Waals surface area contributed by atoms with E-state index in [0.29, 0.717) is 17.5 Å². The molecule has 0 fully saturated rings. The maximum Gasteiger partial charge on any atom is 0.165 e. The van der Waals surface area contributed by atoms with Crippen molar-refractivity contribution in [2.24, 2.45) is 0 Å². The lowest BCUT2D eigenvalue weighted by molar-refractivity contribution is 1.07. The van der Waals surface area contributed by atoms with Crippen LogP contribution >= 0.6 is 0 Å². The Hall–Kier alpha value is -5.82. The van der Waals surface area contributed by atoms with Gasteiger partial charge in [-0.25, -0.2) is 19.9 Å². The van der Waals surface area contributed by atoms with Gasteiger partial charge in [-0.15, -0.1) is 0 Å². The molecule has 7 heteroatoms. The third-order valence-electron chi connectivity index (χ3n) is 7.18. The molecule has 8 aromatic rings. The number of fused-ring (bicyclic) bond motifs is 5. The number of benzene rings is 3. The van der Waals surface area contributed by atoms with Gasteiger partial charge in [-0.3, -0.25) is 9.97 Å². The SMILES string of the molecule is c1cncc(-c2nc(-c3cccnc3)nc(-c3cccc(-c4nc5ccccc5n5c4cc4ccccc45)c3)n2)c1. The molecule has 7 nitrogen and oxygen atoms in total. The summed E-state index contributed by atoms with van der Waals surface area (Å²) in [7, 11) is 0. The molecule has 0 atom stereocenters. The molecule has 0 aliphatic rings. The van der Waals surface area contributed by atoms with Crippen molar-refractivity contribution in [1.29, 1.82) is 0 Å². The minimum atomic E-state index is 0.552. The van der Waals surface area contributed by atoms with E-state index in [1.807, 2.05) is 42.5 Å². The Balaban J connectivity index is 1.35. The first-order valence-electron chi connectivity index (χ1n) is 13.3. The molecule has 0 radical (unpaired) electrons. The lowest BCUT2D eigenvalue weighted by Gasteiger charge is -2.11. The van der Waals surface area contributed by atoms with E-state index in [-0.39, 0.29) is 0 Å². The average molecular weight is 528 g/mol. The monoisotopic (exact) mass is 527 g/mol. The Kier molecular flexibility index (Phi) is 5.31. The quantitative estimate of drug-likeness (QED) is 0.239. The van der Waals surface area contributed by atoms with Crippen LogP contribution in [0.15, 0.2) is 128 Å². The standard InChI is InChI=1S/C34H21N7/c1-3-14-28-22(8-1)19-30-31(37-27-13-2-4-15-29(27)41(28)30)23-9-5-10-24(18-23)32-38-33(25-11-6-16-35-20-25)40-34(39-32)26-12-7-17-36-21-26/h1-21H. The molecule has 5 aromatic heterocycles. The summed E-state index contributed by atoms with van der Waals surface area (Å²) in [6.07, 6.45) is 6.99. The molecule has 0 amide bonds. The number of aromatic nitrogens is 7. The van der Waals surface area contributed by atoms with Crippen LogP contribution < -0.4 is 0 Å². The van der Waals surface area contributed by atoms with Crippen LogP contribution in [-0.2, 0) is 0 Å². The summed E-state index contributed by atoms with van der Waals surface area (Å²) in [5, 5.41) is 1.17. The summed E-state index contributed by atoms with van der Waals surface area (Å²) >= 11 is 0. The zero-order chi connectivity index (χ0) is 27.2. The third-order valence-corrected chi connectivity index (χ3v) is 7.18. The highest BCUT2D eigenvalue weighted by molar-refractivity contribution is 5.98. The predicted molar refractivity (Wildman–Crippen MR) is 161 cm³/mol. The summed E-state index contributed by atoms with van der Waals surface area (Å²) in [5.41, 5.74) is 8.57. The Bertz CT molecular complexity index is 2150. The van der Waals surface area contributed by atoms with E-state index in [4.69, 9.17) is 19.9 Å². The van der Waals surface area contributed by atoms with Crippen LogP contribution in [0.3, 0.4) is 0 Å². The molecule has 41 heavy (non-hydrogen) atoms. The molecule has 0 saturated heterocycles. The van der Waals surface area contributed by atoms with Crippen LogP contribution in [0.4, 0.5) is 0 Å². The van der Waals surface area contributed by atoms with Gasteiger partial charge in [0, 0.05) is 52.4 Å². The van der Waals surface area contributed by atoms with Crippen LogP contribution in [0.2, 0.25) is 0 Å². The van der Waals surface area contributed by atoms with Crippen LogP contribution in [0.1, 0.15) is 0 Å². The van der Waals surface area contributed by atoms with Crippen molar-refractivity contribution in [3.8, 4) is 45.4 Å². The fourth-order valence-corrected chi connectivity index (χ4v) is 5.29. The highest BCUT2D eigenvalue weighted by atomic mass is 15.0. The van der Waals surface area contributed by atoms with Crippen molar-refractivity contribution in [2.75, 3.05) is 0 Å². The van der Waals surface area contributed by atoms with Gasteiger partial charge in [0.2, 0.25) is 0 Å². The second-order valence-electron chi connectivity index (χ2n) is 9.74. The number of rotatable bonds is 4. The molecule has 0 unspecified atom stereocenters. The lowest BCUT2D eigenvalue weighted by Crippen LogP contribution is -2.01. The highest BCUT2D eigenvalue weighted by Gasteiger charge is 2.16. The normalized spacial score (nSPS) is 11.4. The van der Waals surface area contributed by atoms with E-state index in [1.54, 1.807) is 24.8 Å². The van der Waals surface area contributed by atoms with E-state index in [1.165, 1.54) is 5.39 Å². The van der Waals surface area contributed by atoms with Gasteiger partial charge in [0.15, 0.2) is 17.5 Å². The summed E-state index contributed by atoms with van der Waals surface area (Å²) < 4.78 is 2.30. The van der Waals surface area contributed by atoms with E-state index >= 15 is 0 Å². The number of hydrogen-bond donors (Lipinski definition) is 0. The first-order valence-corrected chi connectivity index (χ1v) is 13.3. The Labute approximate surface area is 234 Å². The number of para-hydroxylation sites is 3. The molecule has 0 aliphatic heterocycles. The minimum Gasteiger partial charge on any atom is -0.306 e. The molecule has 5 heterocycles. The Morgan fingerprint density at radius 2 is 1.05 bits per heavy atom. The van der Waals surface area contributed by atoms with Crippen molar-refractivity contribution in [3.63, 3.8) is 0 Å². The van der Waals surface area contributed by atoms with Crippen molar-refractivity contribution < 1.29 is 0 Å². The molecule has 0 aliphatic carbocycles. The van der Waals surface area contributed by atoms with Crippen molar-refractivity contribution >= 4 is 27.5 Å². The summed E-state index contributed by atoms with van der Waals surface area (Å²) in [5.74, 6) is 1.67. The van der Waals surface area contributed by atoms with Gasteiger partial charge >= 0.3 is 0 Å². The molecule has 3 aromatic carbocycles. The molecule has 0 N–H and O–H groups in total. The fourth-order valence-electron chi connectivity index (χ4n) is 5.29. The molecule has 0 bridgehead atoms. The largest absolute Gasteiger partial charge is 0.306 e. The fraction of sp³-hybridized carbons (Fsp3) is 0. The van der Waals surface area contributed by atoms with Crippen molar-refractivity contribution in [3.05, 3.63) is 128 Å². The second kappa shape index (κ2) is 9.43. The van der Waals surface area contributed by atoms with Crippen molar-refractivity contribution in [1.82, 2.24) is 34.3 Å². The topological polar surface area (TPSA) is 81.8 Å². The Morgan fingerprint density at radius 1 is 0.439 bits per heavy atom. The summed E-state index contributed by atoms with van der Waals surface area (Å²) in [6.45, 7) is 0. The smallest absolute Gasteiger partial charge is 0.165 e. The van der Waals surface area contributed by atoms with Gasteiger partial charge in [0.1, 0.15) is 0 Å². The van der Waals surface area contributed by atoms with Gasteiger partial charge in [-0.2, -0.15) is 0 Å². The third kappa shape index (κ3) is 3.99. The lowest BCUT2D eigenvalue weighted by atomic mass is 10.1. The zero-order valence-corrected chi connectivity index (χ0v) is 21.8. The zero-order valence-electron chi connectivity index (χ0n) is 21.8. The highest BCUT2D eigenvalue weighted by Crippen LogP contribution is 2.34. The minimum absolute atomic E-state index is 0.552. The van der Waals surface area contributed by atoms with E-state index in [2.05, 4.69) is 75.0 Å². The van der Waals surface area contributed by atoms with Crippen LogP contribution in [-0.4, -0.2) is 34.3 Å². The summed E-state index contributed by atoms with van der Waals surface area (Å²) in [4.78, 5) is 28.2. The van der Waals surface area contributed by atoms with Crippen molar-refractivity contribution in [2.45, 2.75) is 0 Å². The second-order valence-corrected chi connectivity index (χ2v) is 9.74. The number of hydrogen-bond acceptors (Lipinski definition) is 6. The predicted octanol–water partition coefficient (Wildman–Crippen LogP) is 7.28. The molecule has 0 spiro atoms. The van der Waals surface area contributed by atoms with E-state index < -0.39 is 0 Å². The molecule has 192 valence electrons. The van der Waals surface area contributed by atoms with Gasteiger partial charge in [-0.1, -0.05) is 48.5 Å². The molecular formula is C34H21N7. The van der Waals surface area contributed by atoms with E-state index in [9.17, 15) is 0 Å². The first-order chi connectivity index (χ1) is 20.3. The average Bonchev–Trinajstić information content (AvgIpc) is 3.45. The Morgan fingerprint density at radius 3 is 1.76 bits per heavy atom. The van der Waals surface area contributed by atoms with Gasteiger partial charge in [0.05, 0.1) is 27.8 Å². The van der Waals surface area contributed by atoms with E-state index in [0.717, 1.165) is 50.0 Å². The number of pyridine rings is 2. The molecule has 0 saturated carbocycles. The van der Waals surface area contributed by atoms with Gasteiger partial charge in [-0.05, 0) is 54.6 Å². The number of nitrogens with zero attached hydrogens (tertiary/aromatic N) is 7. The summed E-state index contributed by atoms with van der Waals surface area (Å²) in [6, 6.07) is 34.8. The van der Waals surface area contributed by atoms with Gasteiger partial charge < -0.3 is 4.40 Å².